The molecule has 0 heterocycles. The van der Waals surface area contributed by atoms with Crippen molar-refractivity contribution in [1.29, 1.82) is 0 Å². The van der Waals surface area contributed by atoms with Gasteiger partial charge in [-0.3, -0.25) is 0 Å². The van der Waals surface area contributed by atoms with Gasteiger partial charge in [0.2, 0.25) is 0 Å². The zero-order chi connectivity index (χ0) is 11.4. The van der Waals surface area contributed by atoms with Gasteiger partial charge in [-0.1, -0.05) is 0 Å². The van der Waals surface area contributed by atoms with Crippen LogP contribution in [0.2, 0.25) is 0 Å². The summed E-state index contributed by atoms with van der Waals surface area (Å²) in [6.45, 7) is 5.91. The predicted molar refractivity (Wildman–Crippen MR) is 63.1 cm³/mol. The van der Waals surface area contributed by atoms with E-state index in [2.05, 4.69) is 13.8 Å². The topological polar surface area (TPSA) is 18.5 Å². The molecule has 0 radical (unpaired) electrons. The summed E-state index contributed by atoms with van der Waals surface area (Å²) in [7, 11) is 0. The lowest BCUT2D eigenvalue weighted by atomic mass is 9.71. The molecule has 6 bridgehead atoms. The predicted octanol–water partition coefficient (Wildman–Crippen LogP) is 2.53. The maximum Gasteiger partial charge on any atom is 0.174 e. The van der Waals surface area contributed by atoms with Crippen molar-refractivity contribution in [3.63, 3.8) is 0 Å². The average Bonchev–Trinajstić information content (AvgIpc) is 2.99. The summed E-state index contributed by atoms with van der Waals surface area (Å²) in [6.07, 6.45) is 3.03. The van der Waals surface area contributed by atoms with Gasteiger partial charge in [0.15, 0.2) is 5.79 Å². The van der Waals surface area contributed by atoms with Crippen LogP contribution < -0.4 is 0 Å². The van der Waals surface area contributed by atoms with E-state index in [1.807, 2.05) is 0 Å². The molecule has 0 aromatic rings. The Morgan fingerprint density at radius 1 is 0.824 bits per heavy atom. The van der Waals surface area contributed by atoms with E-state index in [0.717, 1.165) is 60.6 Å². The highest BCUT2D eigenvalue weighted by Gasteiger charge is 2.86. The van der Waals surface area contributed by atoms with Crippen molar-refractivity contribution in [2.75, 3.05) is 13.2 Å². The molecule has 0 amide bonds. The fraction of sp³-hybridized carbons (Fsp3) is 1.00. The van der Waals surface area contributed by atoms with E-state index < -0.39 is 0 Å². The van der Waals surface area contributed by atoms with E-state index in [0.29, 0.717) is 0 Å². The fourth-order valence-electron chi connectivity index (χ4n) is 7.45. The van der Waals surface area contributed by atoms with E-state index in [4.69, 9.17) is 9.47 Å². The SMILES string of the molecule is CCOC1(OCC)C2C3CC4C5CC(C42)C1C53. The number of ether oxygens (including phenoxy) is 2. The summed E-state index contributed by atoms with van der Waals surface area (Å²) < 4.78 is 12.5. The highest BCUT2D eigenvalue weighted by Crippen LogP contribution is 2.85. The molecule has 6 rings (SSSR count). The maximum atomic E-state index is 6.27. The first-order valence-electron chi connectivity index (χ1n) is 7.61. The van der Waals surface area contributed by atoms with Crippen molar-refractivity contribution in [3.8, 4) is 0 Å². The minimum absolute atomic E-state index is 0.145. The Morgan fingerprint density at radius 3 is 1.71 bits per heavy atom. The molecule has 0 N–H and O–H groups in total. The molecular weight excluding hydrogens is 212 g/mol. The van der Waals surface area contributed by atoms with Crippen LogP contribution in [0.1, 0.15) is 26.7 Å². The van der Waals surface area contributed by atoms with Crippen molar-refractivity contribution in [2.24, 2.45) is 47.3 Å². The summed E-state index contributed by atoms with van der Waals surface area (Å²) in [5, 5.41) is 0. The first-order valence-corrected chi connectivity index (χ1v) is 7.61. The van der Waals surface area contributed by atoms with Gasteiger partial charge >= 0.3 is 0 Å². The lowest BCUT2D eigenvalue weighted by Gasteiger charge is -2.34. The fourth-order valence-corrected chi connectivity index (χ4v) is 7.45. The van der Waals surface area contributed by atoms with Crippen molar-refractivity contribution < 1.29 is 9.47 Å². The molecule has 0 aromatic heterocycles. The Bertz CT molecular complexity index is 343. The lowest BCUT2D eigenvalue weighted by molar-refractivity contribution is -0.264. The second kappa shape index (κ2) is 2.75. The Hall–Kier alpha value is -0.0800. The van der Waals surface area contributed by atoms with Crippen LogP contribution in [0.3, 0.4) is 0 Å². The van der Waals surface area contributed by atoms with Gasteiger partial charge < -0.3 is 9.47 Å². The van der Waals surface area contributed by atoms with Crippen LogP contribution in [0.5, 0.6) is 0 Å². The van der Waals surface area contributed by atoms with Crippen LogP contribution in [-0.2, 0) is 9.47 Å². The molecule has 17 heavy (non-hydrogen) atoms. The lowest BCUT2D eigenvalue weighted by Crippen LogP contribution is -2.42. The summed E-state index contributed by atoms with van der Waals surface area (Å²) in [5.41, 5.74) is 0. The van der Waals surface area contributed by atoms with Gasteiger partial charge in [-0.05, 0) is 62.2 Å². The van der Waals surface area contributed by atoms with Crippen molar-refractivity contribution in [3.05, 3.63) is 0 Å². The zero-order valence-electron chi connectivity index (χ0n) is 10.8. The summed E-state index contributed by atoms with van der Waals surface area (Å²) >= 11 is 0. The number of hydrogen-bond acceptors (Lipinski definition) is 2. The van der Waals surface area contributed by atoms with Crippen LogP contribution >= 0.6 is 0 Å². The number of rotatable bonds is 4. The van der Waals surface area contributed by atoms with Crippen LogP contribution in [0.15, 0.2) is 0 Å². The third-order valence-electron chi connectivity index (χ3n) is 7.04. The average molecular weight is 234 g/mol. The Morgan fingerprint density at radius 2 is 1.29 bits per heavy atom. The van der Waals surface area contributed by atoms with Crippen LogP contribution in [0.25, 0.3) is 0 Å². The quantitative estimate of drug-likeness (QED) is 0.696. The van der Waals surface area contributed by atoms with Gasteiger partial charge in [-0.2, -0.15) is 0 Å². The molecule has 0 saturated heterocycles. The largest absolute Gasteiger partial charge is 0.350 e. The van der Waals surface area contributed by atoms with Gasteiger partial charge in [-0.15, -0.1) is 0 Å². The zero-order valence-corrected chi connectivity index (χ0v) is 10.8. The third kappa shape index (κ3) is 0.755. The van der Waals surface area contributed by atoms with E-state index >= 15 is 0 Å². The van der Waals surface area contributed by atoms with E-state index in [9.17, 15) is 0 Å². The molecular formula is C15H22O2. The first-order chi connectivity index (χ1) is 8.33. The molecule has 6 aliphatic rings. The smallest absolute Gasteiger partial charge is 0.174 e. The molecule has 0 aliphatic heterocycles. The van der Waals surface area contributed by atoms with Crippen molar-refractivity contribution in [2.45, 2.75) is 32.5 Å². The van der Waals surface area contributed by atoms with E-state index in [-0.39, 0.29) is 5.79 Å². The normalized spacial score (nSPS) is 62.5. The summed E-state index contributed by atoms with van der Waals surface area (Å²) in [4.78, 5) is 0. The standard InChI is InChI=1S/C15H22O2/c1-3-16-15(17-4-2)13-9-5-7-8-6-10(11(7)13)14(15)12(8)9/h7-14H,3-6H2,1-2H3. The van der Waals surface area contributed by atoms with Crippen LogP contribution in [0.4, 0.5) is 0 Å². The van der Waals surface area contributed by atoms with Crippen LogP contribution in [-0.4, -0.2) is 19.0 Å². The highest BCUT2D eigenvalue weighted by atomic mass is 16.7. The van der Waals surface area contributed by atoms with Gasteiger partial charge in [0, 0.05) is 25.0 Å². The molecule has 0 aromatic carbocycles. The molecule has 94 valence electrons. The maximum absolute atomic E-state index is 6.27. The third-order valence-corrected chi connectivity index (χ3v) is 7.04. The van der Waals surface area contributed by atoms with Crippen molar-refractivity contribution in [1.82, 2.24) is 0 Å². The first kappa shape index (κ1) is 9.80. The second-order valence-electron chi connectivity index (χ2n) is 6.92. The van der Waals surface area contributed by atoms with Gasteiger partial charge in [0.25, 0.3) is 0 Å². The van der Waals surface area contributed by atoms with E-state index in [1.165, 1.54) is 12.8 Å². The number of hydrogen-bond donors (Lipinski definition) is 0. The molecule has 2 heteroatoms. The minimum atomic E-state index is -0.145. The minimum Gasteiger partial charge on any atom is -0.350 e. The van der Waals surface area contributed by atoms with Gasteiger partial charge in [0.05, 0.1) is 0 Å². The molecule has 8 atom stereocenters. The Labute approximate surface area is 103 Å². The molecule has 8 unspecified atom stereocenters. The van der Waals surface area contributed by atoms with Crippen molar-refractivity contribution >= 4 is 0 Å². The summed E-state index contributed by atoms with van der Waals surface area (Å²) in [5.74, 6) is 7.44. The molecule has 0 spiro atoms. The molecule has 2 nitrogen and oxygen atoms in total. The molecule has 6 aliphatic carbocycles. The summed E-state index contributed by atoms with van der Waals surface area (Å²) in [6, 6.07) is 0. The molecule has 6 fully saturated rings. The van der Waals surface area contributed by atoms with Crippen LogP contribution in [0, 0.1) is 47.3 Å². The Kier molecular flexibility index (Phi) is 1.58. The van der Waals surface area contributed by atoms with Gasteiger partial charge in [0.1, 0.15) is 0 Å². The molecule has 6 saturated carbocycles. The van der Waals surface area contributed by atoms with E-state index in [1.54, 1.807) is 0 Å². The Balaban J connectivity index is 1.65. The van der Waals surface area contributed by atoms with Gasteiger partial charge in [-0.25, -0.2) is 0 Å². The monoisotopic (exact) mass is 234 g/mol. The second-order valence-corrected chi connectivity index (χ2v) is 6.92. The highest BCUT2D eigenvalue weighted by molar-refractivity contribution is 5.30.